The first-order valence-corrected chi connectivity index (χ1v) is 5.92. The van der Waals surface area contributed by atoms with Crippen LogP contribution in [0, 0.1) is 17.7 Å². The zero-order valence-corrected chi connectivity index (χ0v) is 9.58. The summed E-state index contributed by atoms with van der Waals surface area (Å²) in [5.74, 6) is 0.889. The van der Waals surface area contributed by atoms with Crippen LogP contribution in [0.3, 0.4) is 0 Å². The zero-order valence-electron chi connectivity index (χ0n) is 9.58. The van der Waals surface area contributed by atoms with Gasteiger partial charge in [0.1, 0.15) is 11.6 Å². The van der Waals surface area contributed by atoms with E-state index in [-0.39, 0.29) is 17.5 Å². The SMILES string of the molecule is CC1CCC(C(=O)Cc2cccc(F)c2)C1. The van der Waals surface area contributed by atoms with Gasteiger partial charge < -0.3 is 0 Å². The fraction of sp³-hybridized carbons (Fsp3) is 0.500. The summed E-state index contributed by atoms with van der Waals surface area (Å²) in [7, 11) is 0. The Hall–Kier alpha value is -1.18. The lowest BCUT2D eigenvalue weighted by atomic mass is 9.96. The molecular weight excluding hydrogens is 203 g/mol. The van der Waals surface area contributed by atoms with Crippen molar-refractivity contribution in [2.24, 2.45) is 11.8 Å². The van der Waals surface area contributed by atoms with Gasteiger partial charge in [0.2, 0.25) is 0 Å². The Morgan fingerprint density at radius 1 is 1.44 bits per heavy atom. The monoisotopic (exact) mass is 220 g/mol. The Balaban J connectivity index is 1.97. The number of halogens is 1. The second-order valence-electron chi connectivity index (χ2n) is 4.89. The van der Waals surface area contributed by atoms with Crippen LogP contribution in [0.2, 0.25) is 0 Å². The summed E-state index contributed by atoms with van der Waals surface area (Å²) in [6, 6.07) is 6.34. The smallest absolute Gasteiger partial charge is 0.140 e. The van der Waals surface area contributed by atoms with Gasteiger partial charge in [-0.15, -0.1) is 0 Å². The average Bonchev–Trinajstić information content (AvgIpc) is 2.65. The number of hydrogen-bond acceptors (Lipinski definition) is 1. The van der Waals surface area contributed by atoms with Crippen molar-refractivity contribution >= 4 is 5.78 Å². The molecule has 0 spiro atoms. The molecule has 2 rings (SSSR count). The third kappa shape index (κ3) is 2.69. The van der Waals surface area contributed by atoms with E-state index in [1.54, 1.807) is 6.07 Å². The van der Waals surface area contributed by atoms with Gasteiger partial charge in [-0.2, -0.15) is 0 Å². The molecule has 0 saturated heterocycles. The van der Waals surface area contributed by atoms with Crippen LogP contribution < -0.4 is 0 Å². The molecule has 16 heavy (non-hydrogen) atoms. The molecule has 1 aliphatic rings. The number of benzene rings is 1. The highest BCUT2D eigenvalue weighted by molar-refractivity contribution is 5.83. The second-order valence-corrected chi connectivity index (χ2v) is 4.89. The first-order valence-electron chi connectivity index (χ1n) is 5.92. The van der Waals surface area contributed by atoms with Crippen molar-refractivity contribution in [2.75, 3.05) is 0 Å². The highest BCUT2D eigenvalue weighted by Gasteiger charge is 2.26. The molecule has 1 aromatic rings. The maximum Gasteiger partial charge on any atom is 0.140 e. The standard InChI is InChI=1S/C14H17FO/c1-10-5-6-12(7-10)14(16)9-11-3-2-4-13(15)8-11/h2-4,8,10,12H,5-7,9H2,1H3. The third-order valence-corrected chi connectivity index (χ3v) is 3.42. The van der Waals surface area contributed by atoms with E-state index in [0.29, 0.717) is 12.3 Å². The summed E-state index contributed by atoms with van der Waals surface area (Å²) in [4.78, 5) is 11.9. The quantitative estimate of drug-likeness (QED) is 0.763. The lowest BCUT2D eigenvalue weighted by Crippen LogP contribution is -2.14. The van der Waals surface area contributed by atoms with Gasteiger partial charge >= 0.3 is 0 Å². The molecule has 0 aromatic heterocycles. The van der Waals surface area contributed by atoms with Gasteiger partial charge in [-0.05, 0) is 42.9 Å². The van der Waals surface area contributed by atoms with Crippen molar-refractivity contribution in [3.05, 3.63) is 35.6 Å². The van der Waals surface area contributed by atoms with Crippen LogP contribution in [0.15, 0.2) is 24.3 Å². The van der Waals surface area contributed by atoms with Crippen molar-refractivity contribution in [3.63, 3.8) is 0 Å². The highest BCUT2D eigenvalue weighted by Crippen LogP contribution is 2.31. The molecular formula is C14H17FO. The van der Waals surface area contributed by atoms with Gasteiger partial charge in [0.15, 0.2) is 0 Å². The molecule has 0 aliphatic heterocycles. The van der Waals surface area contributed by atoms with Crippen LogP contribution >= 0.6 is 0 Å². The van der Waals surface area contributed by atoms with Crippen LogP contribution in [0.1, 0.15) is 31.7 Å². The van der Waals surface area contributed by atoms with Crippen LogP contribution in [-0.4, -0.2) is 5.78 Å². The Morgan fingerprint density at radius 2 is 2.25 bits per heavy atom. The summed E-state index contributed by atoms with van der Waals surface area (Å²) < 4.78 is 12.9. The van der Waals surface area contributed by atoms with E-state index in [4.69, 9.17) is 0 Å². The molecule has 0 N–H and O–H groups in total. The molecule has 2 unspecified atom stereocenters. The van der Waals surface area contributed by atoms with Gasteiger partial charge in [-0.3, -0.25) is 4.79 Å². The van der Waals surface area contributed by atoms with Crippen LogP contribution in [0.5, 0.6) is 0 Å². The van der Waals surface area contributed by atoms with Gasteiger partial charge in [-0.25, -0.2) is 4.39 Å². The molecule has 0 bridgehead atoms. The number of carbonyl (C=O) groups is 1. The van der Waals surface area contributed by atoms with E-state index in [1.807, 2.05) is 6.07 Å². The van der Waals surface area contributed by atoms with E-state index in [1.165, 1.54) is 12.1 Å². The molecule has 2 heteroatoms. The number of rotatable bonds is 3. The summed E-state index contributed by atoms with van der Waals surface area (Å²) >= 11 is 0. The minimum atomic E-state index is -0.259. The Labute approximate surface area is 95.7 Å². The van der Waals surface area contributed by atoms with Gasteiger partial charge in [-0.1, -0.05) is 19.1 Å². The lowest BCUT2D eigenvalue weighted by molar-refractivity contribution is -0.122. The summed E-state index contributed by atoms with van der Waals surface area (Å²) in [5.41, 5.74) is 0.796. The molecule has 86 valence electrons. The first-order chi connectivity index (χ1) is 7.65. The molecule has 1 saturated carbocycles. The summed E-state index contributed by atoms with van der Waals surface area (Å²) in [5, 5.41) is 0. The molecule has 0 radical (unpaired) electrons. The molecule has 1 aliphatic carbocycles. The molecule has 1 nitrogen and oxygen atoms in total. The number of Topliss-reactive ketones (excluding diaryl/α,β-unsaturated/α-hetero) is 1. The summed E-state index contributed by atoms with van der Waals surface area (Å²) in [6.07, 6.45) is 3.55. The number of hydrogen-bond donors (Lipinski definition) is 0. The van der Waals surface area contributed by atoms with Gasteiger partial charge in [0.05, 0.1) is 0 Å². The van der Waals surface area contributed by atoms with Gasteiger partial charge in [0.25, 0.3) is 0 Å². The second kappa shape index (κ2) is 4.77. The largest absolute Gasteiger partial charge is 0.299 e. The van der Waals surface area contributed by atoms with E-state index < -0.39 is 0 Å². The maximum atomic E-state index is 12.9. The predicted octanol–water partition coefficient (Wildman–Crippen LogP) is 3.37. The fourth-order valence-corrected chi connectivity index (χ4v) is 2.49. The van der Waals surface area contributed by atoms with Gasteiger partial charge in [0, 0.05) is 12.3 Å². The molecule has 2 atom stereocenters. The normalized spacial score (nSPS) is 24.6. The van der Waals surface area contributed by atoms with Crippen LogP contribution in [0.25, 0.3) is 0 Å². The maximum absolute atomic E-state index is 12.9. The van der Waals surface area contributed by atoms with Crippen molar-refractivity contribution < 1.29 is 9.18 Å². The van der Waals surface area contributed by atoms with E-state index in [2.05, 4.69) is 6.92 Å². The average molecular weight is 220 g/mol. The third-order valence-electron chi connectivity index (χ3n) is 3.42. The Morgan fingerprint density at radius 3 is 2.88 bits per heavy atom. The minimum absolute atomic E-state index is 0.207. The van der Waals surface area contributed by atoms with E-state index in [9.17, 15) is 9.18 Å². The molecule has 1 aromatic carbocycles. The topological polar surface area (TPSA) is 17.1 Å². The molecule has 0 amide bonds. The fourth-order valence-electron chi connectivity index (χ4n) is 2.49. The highest BCUT2D eigenvalue weighted by atomic mass is 19.1. The van der Waals surface area contributed by atoms with E-state index >= 15 is 0 Å². The van der Waals surface area contributed by atoms with Crippen molar-refractivity contribution in [2.45, 2.75) is 32.6 Å². The van der Waals surface area contributed by atoms with Crippen molar-refractivity contribution in [3.8, 4) is 0 Å². The summed E-state index contributed by atoms with van der Waals surface area (Å²) in [6.45, 7) is 2.19. The van der Waals surface area contributed by atoms with Crippen LogP contribution in [-0.2, 0) is 11.2 Å². The van der Waals surface area contributed by atoms with E-state index in [0.717, 1.165) is 24.8 Å². The Kier molecular flexibility index (Phi) is 3.37. The zero-order chi connectivity index (χ0) is 11.5. The first kappa shape index (κ1) is 11.3. The van der Waals surface area contributed by atoms with Crippen LogP contribution in [0.4, 0.5) is 4.39 Å². The number of ketones is 1. The Bertz CT molecular complexity index is 386. The number of carbonyl (C=O) groups excluding carboxylic acids is 1. The molecule has 0 heterocycles. The van der Waals surface area contributed by atoms with Crippen molar-refractivity contribution in [1.82, 2.24) is 0 Å². The van der Waals surface area contributed by atoms with Crippen molar-refractivity contribution in [1.29, 1.82) is 0 Å². The minimum Gasteiger partial charge on any atom is -0.299 e. The molecule has 1 fully saturated rings. The lowest BCUT2D eigenvalue weighted by Gasteiger charge is -2.08. The predicted molar refractivity (Wildman–Crippen MR) is 61.6 cm³/mol.